The average Bonchev–Trinajstić information content (AvgIpc) is 2.74. The molecule has 1 aromatic carbocycles. The molecule has 4 heteroatoms. The maximum atomic E-state index is 12.2. The molecule has 0 spiro atoms. The molecule has 0 aliphatic carbocycles. The number of carbonyl (C=O) groups is 1. The number of nitrogens with one attached hydrogen (secondary N) is 1. The van der Waals surface area contributed by atoms with Crippen molar-refractivity contribution in [3.63, 3.8) is 0 Å². The summed E-state index contributed by atoms with van der Waals surface area (Å²) in [5.41, 5.74) is 1.88. The normalized spacial score (nSPS) is 19.9. The first-order valence-corrected chi connectivity index (χ1v) is 7.24. The molecule has 1 aliphatic heterocycles. The van der Waals surface area contributed by atoms with Crippen LogP contribution in [0.15, 0.2) is 23.1 Å². The smallest absolute Gasteiger partial charge is 0.251 e. The van der Waals surface area contributed by atoms with E-state index < -0.39 is 0 Å². The highest BCUT2D eigenvalue weighted by Crippen LogP contribution is 2.23. The number of amides is 1. The molecule has 19 heavy (non-hydrogen) atoms. The van der Waals surface area contributed by atoms with E-state index in [1.807, 2.05) is 18.2 Å². The van der Waals surface area contributed by atoms with Gasteiger partial charge in [0.25, 0.3) is 5.91 Å². The van der Waals surface area contributed by atoms with Gasteiger partial charge >= 0.3 is 0 Å². The number of carbonyl (C=O) groups excluding carboxylic acids is 1. The fourth-order valence-electron chi connectivity index (χ4n) is 2.49. The number of benzene rings is 1. The second kappa shape index (κ2) is 5.97. The van der Waals surface area contributed by atoms with Crippen LogP contribution in [0.5, 0.6) is 0 Å². The minimum atomic E-state index is 0.00547. The molecule has 1 aliphatic rings. The topological polar surface area (TPSA) is 32.3 Å². The zero-order valence-corrected chi connectivity index (χ0v) is 12.7. The van der Waals surface area contributed by atoms with Crippen molar-refractivity contribution in [1.29, 1.82) is 0 Å². The number of nitrogens with zero attached hydrogens (tertiary/aromatic N) is 1. The zero-order chi connectivity index (χ0) is 14.0. The molecule has 0 aromatic heterocycles. The SMILES string of the molecule is CC(C)c1ccc(C(=O)N[C@@H]2CCN(C)C2)cc1S. The molecular formula is C15H22N2OS. The molecule has 2 rings (SSSR count). The summed E-state index contributed by atoms with van der Waals surface area (Å²) in [7, 11) is 2.08. The third-order valence-corrected chi connectivity index (χ3v) is 4.03. The van der Waals surface area contributed by atoms with Gasteiger partial charge in [0.2, 0.25) is 0 Å². The minimum absolute atomic E-state index is 0.00547. The van der Waals surface area contributed by atoms with E-state index in [-0.39, 0.29) is 11.9 Å². The Morgan fingerprint density at radius 1 is 1.47 bits per heavy atom. The summed E-state index contributed by atoms with van der Waals surface area (Å²) in [6, 6.07) is 6.03. The van der Waals surface area contributed by atoms with Crippen molar-refractivity contribution in [2.45, 2.75) is 37.1 Å². The highest BCUT2D eigenvalue weighted by atomic mass is 32.1. The Morgan fingerprint density at radius 3 is 2.74 bits per heavy atom. The molecule has 1 heterocycles. The highest BCUT2D eigenvalue weighted by Gasteiger charge is 2.21. The summed E-state index contributed by atoms with van der Waals surface area (Å²) < 4.78 is 0. The molecule has 1 aromatic rings. The summed E-state index contributed by atoms with van der Waals surface area (Å²) in [6.45, 7) is 6.24. The predicted octanol–water partition coefficient (Wildman–Crippen LogP) is 2.53. The van der Waals surface area contributed by atoms with Gasteiger partial charge in [0.1, 0.15) is 0 Å². The number of hydrogen-bond donors (Lipinski definition) is 2. The van der Waals surface area contributed by atoms with Crippen LogP contribution < -0.4 is 5.32 Å². The zero-order valence-electron chi connectivity index (χ0n) is 11.8. The molecular weight excluding hydrogens is 256 g/mol. The van der Waals surface area contributed by atoms with Crippen molar-refractivity contribution < 1.29 is 4.79 Å². The number of hydrogen-bond acceptors (Lipinski definition) is 3. The van der Waals surface area contributed by atoms with Crippen LogP contribution in [-0.2, 0) is 0 Å². The van der Waals surface area contributed by atoms with Crippen molar-refractivity contribution in [1.82, 2.24) is 10.2 Å². The molecule has 1 amide bonds. The van der Waals surface area contributed by atoms with Gasteiger partial charge in [-0.2, -0.15) is 0 Å². The van der Waals surface area contributed by atoms with E-state index in [0.717, 1.165) is 24.4 Å². The van der Waals surface area contributed by atoms with Crippen LogP contribution in [0.25, 0.3) is 0 Å². The molecule has 1 N–H and O–H groups in total. The quantitative estimate of drug-likeness (QED) is 0.833. The van der Waals surface area contributed by atoms with Crippen LogP contribution in [-0.4, -0.2) is 37.0 Å². The van der Waals surface area contributed by atoms with E-state index in [1.54, 1.807) is 0 Å². The van der Waals surface area contributed by atoms with E-state index in [0.29, 0.717) is 11.5 Å². The summed E-state index contributed by atoms with van der Waals surface area (Å²) >= 11 is 4.48. The third kappa shape index (κ3) is 3.51. The van der Waals surface area contributed by atoms with Gasteiger partial charge in [-0.1, -0.05) is 19.9 Å². The van der Waals surface area contributed by atoms with Crippen molar-refractivity contribution in [3.8, 4) is 0 Å². The van der Waals surface area contributed by atoms with Gasteiger partial charge in [0.15, 0.2) is 0 Å². The van der Waals surface area contributed by atoms with Gasteiger partial charge in [0, 0.05) is 23.0 Å². The molecule has 1 saturated heterocycles. The maximum absolute atomic E-state index is 12.2. The van der Waals surface area contributed by atoms with E-state index in [2.05, 4.69) is 43.7 Å². The summed E-state index contributed by atoms with van der Waals surface area (Å²) in [5.74, 6) is 0.430. The van der Waals surface area contributed by atoms with Gasteiger partial charge in [-0.3, -0.25) is 4.79 Å². The van der Waals surface area contributed by atoms with Crippen molar-refractivity contribution in [2.24, 2.45) is 0 Å². The number of likely N-dealkylation sites (N-methyl/N-ethyl adjacent to an activating group) is 1. The fraction of sp³-hybridized carbons (Fsp3) is 0.533. The van der Waals surface area contributed by atoms with Gasteiger partial charge < -0.3 is 10.2 Å². The molecule has 1 fully saturated rings. The maximum Gasteiger partial charge on any atom is 0.251 e. The highest BCUT2D eigenvalue weighted by molar-refractivity contribution is 7.80. The standard InChI is InChI=1S/C15H22N2OS/c1-10(2)13-5-4-11(8-14(13)19)15(18)16-12-6-7-17(3)9-12/h4-5,8,10,12,19H,6-7,9H2,1-3H3,(H,16,18)/t12-/m1/s1. The van der Waals surface area contributed by atoms with Gasteiger partial charge in [-0.15, -0.1) is 12.6 Å². The Kier molecular flexibility index (Phi) is 4.53. The minimum Gasteiger partial charge on any atom is -0.348 e. The van der Waals surface area contributed by atoms with Gasteiger partial charge in [0.05, 0.1) is 0 Å². The van der Waals surface area contributed by atoms with Gasteiger partial charge in [-0.25, -0.2) is 0 Å². The van der Waals surface area contributed by atoms with E-state index in [4.69, 9.17) is 0 Å². The lowest BCUT2D eigenvalue weighted by Gasteiger charge is -2.14. The van der Waals surface area contributed by atoms with Crippen LogP contribution in [0, 0.1) is 0 Å². The second-order valence-corrected chi connectivity index (χ2v) is 6.13. The molecule has 104 valence electrons. The molecule has 1 atom stereocenters. The van der Waals surface area contributed by atoms with Crippen molar-refractivity contribution >= 4 is 18.5 Å². The average molecular weight is 278 g/mol. The first-order chi connectivity index (χ1) is 8.97. The first kappa shape index (κ1) is 14.4. The lowest BCUT2D eigenvalue weighted by atomic mass is 10.0. The fourth-order valence-corrected chi connectivity index (χ4v) is 2.97. The Bertz CT molecular complexity index is 473. The molecule has 3 nitrogen and oxygen atoms in total. The van der Waals surface area contributed by atoms with Crippen LogP contribution in [0.1, 0.15) is 42.1 Å². The number of rotatable bonds is 3. The van der Waals surface area contributed by atoms with Crippen molar-refractivity contribution in [2.75, 3.05) is 20.1 Å². The summed E-state index contributed by atoms with van der Waals surface area (Å²) in [4.78, 5) is 15.3. The van der Waals surface area contributed by atoms with E-state index >= 15 is 0 Å². The van der Waals surface area contributed by atoms with Crippen LogP contribution in [0.2, 0.25) is 0 Å². The van der Waals surface area contributed by atoms with Crippen LogP contribution >= 0.6 is 12.6 Å². The Hall–Kier alpha value is -1.00. The lowest BCUT2D eigenvalue weighted by molar-refractivity contribution is 0.0938. The van der Waals surface area contributed by atoms with Crippen LogP contribution in [0.3, 0.4) is 0 Å². The van der Waals surface area contributed by atoms with E-state index in [9.17, 15) is 4.79 Å². The number of likely N-dealkylation sites (tertiary alicyclic amines) is 1. The molecule has 0 radical (unpaired) electrons. The largest absolute Gasteiger partial charge is 0.348 e. The van der Waals surface area contributed by atoms with Gasteiger partial charge in [-0.05, 0) is 43.6 Å². The summed E-state index contributed by atoms with van der Waals surface area (Å²) in [6.07, 6.45) is 1.03. The van der Waals surface area contributed by atoms with Crippen molar-refractivity contribution in [3.05, 3.63) is 29.3 Å². The molecule has 0 saturated carbocycles. The Morgan fingerprint density at radius 2 is 2.21 bits per heavy atom. The summed E-state index contributed by atoms with van der Waals surface area (Å²) in [5, 5.41) is 3.09. The van der Waals surface area contributed by atoms with E-state index in [1.165, 1.54) is 5.56 Å². The molecule has 0 unspecified atom stereocenters. The lowest BCUT2D eigenvalue weighted by Crippen LogP contribution is -2.36. The monoisotopic (exact) mass is 278 g/mol. The molecule has 0 bridgehead atoms. The first-order valence-electron chi connectivity index (χ1n) is 6.79. The second-order valence-electron chi connectivity index (χ2n) is 5.65. The Labute approximate surface area is 120 Å². The predicted molar refractivity (Wildman–Crippen MR) is 81.2 cm³/mol. The third-order valence-electron chi connectivity index (χ3n) is 3.64. The van der Waals surface area contributed by atoms with Crippen LogP contribution in [0.4, 0.5) is 0 Å². The number of thiol groups is 1. The Balaban J connectivity index is 2.05.